The molecule has 1 aliphatic heterocycles. The smallest absolute Gasteiger partial charge is 0.255 e. The molecule has 1 unspecified atom stereocenters. The Hall–Kier alpha value is -2.82. The molecule has 0 saturated heterocycles. The lowest BCUT2D eigenvalue weighted by atomic mass is 9.82. The van der Waals surface area contributed by atoms with Crippen LogP contribution in [-0.2, 0) is 17.8 Å². The van der Waals surface area contributed by atoms with Gasteiger partial charge in [-0.25, -0.2) is 0 Å². The highest BCUT2D eigenvalue weighted by atomic mass is 16.5. The van der Waals surface area contributed by atoms with E-state index in [0.717, 1.165) is 29.7 Å². The van der Waals surface area contributed by atoms with Crippen LogP contribution >= 0.6 is 0 Å². The Morgan fingerprint density at radius 2 is 1.89 bits per heavy atom. The fourth-order valence-electron chi connectivity index (χ4n) is 3.80. The topological polar surface area (TPSA) is 58.6 Å². The van der Waals surface area contributed by atoms with Crippen molar-refractivity contribution in [2.45, 2.75) is 45.2 Å². The molecule has 5 nitrogen and oxygen atoms in total. The summed E-state index contributed by atoms with van der Waals surface area (Å²) in [6, 6.07) is 15.2. The van der Waals surface area contributed by atoms with Gasteiger partial charge in [0.1, 0.15) is 11.3 Å². The maximum Gasteiger partial charge on any atom is 0.255 e. The Balaban J connectivity index is 1.85. The van der Waals surface area contributed by atoms with E-state index >= 15 is 0 Å². The Kier molecular flexibility index (Phi) is 6.02. The van der Waals surface area contributed by atoms with Crippen LogP contribution < -0.4 is 10.1 Å². The average molecular weight is 380 g/mol. The zero-order chi connectivity index (χ0) is 20.1. The van der Waals surface area contributed by atoms with Crippen LogP contribution in [0.5, 0.6) is 5.75 Å². The molecular weight excluding hydrogens is 352 g/mol. The van der Waals surface area contributed by atoms with Crippen LogP contribution in [0.25, 0.3) is 0 Å². The van der Waals surface area contributed by atoms with Gasteiger partial charge in [-0.1, -0.05) is 49.7 Å². The summed E-state index contributed by atoms with van der Waals surface area (Å²) >= 11 is 0. The van der Waals surface area contributed by atoms with Gasteiger partial charge in [0.2, 0.25) is 5.91 Å². The summed E-state index contributed by atoms with van der Waals surface area (Å²) in [5.74, 6) is 0.531. The quantitative estimate of drug-likeness (QED) is 0.799. The fraction of sp³-hybridized carbons (Fsp3) is 0.391. The third-order valence-corrected chi connectivity index (χ3v) is 5.48. The molecule has 1 aliphatic rings. The van der Waals surface area contributed by atoms with Gasteiger partial charge in [-0.05, 0) is 31.0 Å². The zero-order valence-corrected chi connectivity index (χ0v) is 16.8. The molecule has 0 fully saturated rings. The molecule has 28 heavy (non-hydrogen) atoms. The van der Waals surface area contributed by atoms with Crippen LogP contribution in [0.2, 0.25) is 0 Å². The SMILES string of the molecule is CCCCN1C(=O)c2ccccc2CC1(C)C(=O)NCc1ccccc1OC. The van der Waals surface area contributed by atoms with Crippen LogP contribution in [0.3, 0.4) is 0 Å². The number of carbonyl (C=O) groups is 2. The number of nitrogens with one attached hydrogen (secondary N) is 1. The zero-order valence-electron chi connectivity index (χ0n) is 16.8. The van der Waals surface area contributed by atoms with Crippen LogP contribution in [-0.4, -0.2) is 35.9 Å². The maximum absolute atomic E-state index is 13.3. The first kappa shape index (κ1) is 19.9. The number of ether oxygens (including phenoxy) is 1. The number of rotatable bonds is 7. The van der Waals surface area contributed by atoms with Gasteiger partial charge in [0.25, 0.3) is 5.91 Å². The van der Waals surface area contributed by atoms with Crippen molar-refractivity contribution in [2.75, 3.05) is 13.7 Å². The van der Waals surface area contributed by atoms with E-state index in [9.17, 15) is 9.59 Å². The molecule has 0 aromatic heterocycles. The number of amides is 2. The van der Waals surface area contributed by atoms with E-state index < -0.39 is 5.54 Å². The highest BCUT2D eigenvalue weighted by Gasteiger charge is 2.46. The number of carbonyl (C=O) groups excluding carboxylic acids is 2. The van der Waals surface area contributed by atoms with Gasteiger partial charge >= 0.3 is 0 Å². The van der Waals surface area contributed by atoms with E-state index in [1.807, 2.05) is 55.5 Å². The second-order valence-electron chi connectivity index (χ2n) is 7.41. The van der Waals surface area contributed by atoms with Crippen molar-refractivity contribution in [3.63, 3.8) is 0 Å². The molecule has 148 valence electrons. The van der Waals surface area contributed by atoms with Crippen molar-refractivity contribution >= 4 is 11.8 Å². The summed E-state index contributed by atoms with van der Waals surface area (Å²) in [5, 5.41) is 3.03. The minimum atomic E-state index is -0.914. The Morgan fingerprint density at radius 1 is 1.18 bits per heavy atom. The minimum Gasteiger partial charge on any atom is -0.496 e. The van der Waals surface area contributed by atoms with Crippen molar-refractivity contribution in [2.24, 2.45) is 0 Å². The number of fused-ring (bicyclic) bond motifs is 1. The monoisotopic (exact) mass is 380 g/mol. The first-order valence-corrected chi connectivity index (χ1v) is 9.81. The van der Waals surface area contributed by atoms with Gasteiger partial charge in [0.05, 0.1) is 7.11 Å². The van der Waals surface area contributed by atoms with Crippen LogP contribution in [0.1, 0.15) is 48.2 Å². The molecule has 0 aliphatic carbocycles. The molecule has 2 aromatic carbocycles. The molecule has 0 saturated carbocycles. The van der Waals surface area contributed by atoms with Gasteiger partial charge in [-0.3, -0.25) is 9.59 Å². The second-order valence-corrected chi connectivity index (χ2v) is 7.41. The number of hydrogen-bond donors (Lipinski definition) is 1. The third-order valence-electron chi connectivity index (χ3n) is 5.48. The second kappa shape index (κ2) is 8.46. The Bertz CT molecular complexity index is 864. The van der Waals surface area contributed by atoms with E-state index in [4.69, 9.17) is 4.74 Å². The number of benzene rings is 2. The molecule has 1 atom stereocenters. The summed E-state index contributed by atoms with van der Waals surface area (Å²) in [7, 11) is 1.62. The molecule has 5 heteroatoms. The van der Waals surface area contributed by atoms with E-state index in [0.29, 0.717) is 25.1 Å². The third kappa shape index (κ3) is 3.75. The Morgan fingerprint density at radius 3 is 2.64 bits per heavy atom. The maximum atomic E-state index is 13.3. The standard InChI is InChI=1S/C23H28N2O3/c1-4-5-14-25-21(26)19-12-8-6-10-17(19)15-23(25,2)22(27)24-16-18-11-7-9-13-20(18)28-3/h6-13H,4-5,14-16H2,1-3H3,(H,24,27). The number of para-hydroxylation sites is 1. The Labute approximate surface area is 166 Å². The van der Waals surface area contributed by atoms with E-state index in [-0.39, 0.29) is 11.8 Å². The lowest BCUT2D eigenvalue weighted by Crippen LogP contribution is -2.62. The van der Waals surface area contributed by atoms with Crippen LogP contribution in [0.15, 0.2) is 48.5 Å². The average Bonchev–Trinajstić information content (AvgIpc) is 2.72. The molecule has 1 heterocycles. The van der Waals surface area contributed by atoms with Gasteiger partial charge in [0, 0.05) is 30.6 Å². The molecule has 0 radical (unpaired) electrons. The van der Waals surface area contributed by atoms with Gasteiger partial charge in [-0.2, -0.15) is 0 Å². The molecule has 0 bridgehead atoms. The molecule has 2 aromatic rings. The first-order valence-electron chi connectivity index (χ1n) is 9.81. The molecule has 3 rings (SSSR count). The predicted molar refractivity (Wildman–Crippen MR) is 109 cm³/mol. The number of unbranched alkanes of at least 4 members (excludes halogenated alkanes) is 1. The molecular formula is C23H28N2O3. The largest absolute Gasteiger partial charge is 0.496 e. The number of hydrogen-bond acceptors (Lipinski definition) is 3. The molecule has 0 spiro atoms. The normalized spacial score (nSPS) is 18.5. The molecule has 2 amide bonds. The highest BCUT2D eigenvalue weighted by molar-refractivity contribution is 6.02. The van der Waals surface area contributed by atoms with E-state index in [1.54, 1.807) is 12.0 Å². The summed E-state index contributed by atoms with van der Waals surface area (Å²) in [5.41, 5.74) is 1.62. The summed E-state index contributed by atoms with van der Waals surface area (Å²) in [6.45, 7) is 4.88. The van der Waals surface area contributed by atoms with E-state index in [2.05, 4.69) is 12.2 Å². The van der Waals surface area contributed by atoms with Crippen molar-refractivity contribution < 1.29 is 14.3 Å². The van der Waals surface area contributed by atoms with E-state index in [1.165, 1.54) is 0 Å². The number of nitrogens with zero attached hydrogens (tertiary/aromatic N) is 1. The summed E-state index contributed by atoms with van der Waals surface area (Å²) in [4.78, 5) is 28.2. The van der Waals surface area contributed by atoms with Gasteiger partial charge < -0.3 is 15.0 Å². The van der Waals surface area contributed by atoms with Gasteiger partial charge in [-0.15, -0.1) is 0 Å². The van der Waals surface area contributed by atoms with Crippen molar-refractivity contribution in [3.8, 4) is 5.75 Å². The highest BCUT2D eigenvalue weighted by Crippen LogP contribution is 2.32. The lowest BCUT2D eigenvalue weighted by Gasteiger charge is -2.44. The minimum absolute atomic E-state index is 0.0646. The van der Waals surface area contributed by atoms with Crippen LogP contribution in [0.4, 0.5) is 0 Å². The van der Waals surface area contributed by atoms with Crippen molar-refractivity contribution in [1.82, 2.24) is 10.2 Å². The van der Waals surface area contributed by atoms with Gasteiger partial charge in [0.15, 0.2) is 0 Å². The van der Waals surface area contributed by atoms with Crippen LogP contribution in [0, 0.1) is 0 Å². The summed E-state index contributed by atoms with van der Waals surface area (Å²) in [6.07, 6.45) is 2.34. The number of methoxy groups -OCH3 is 1. The first-order chi connectivity index (χ1) is 13.5. The van der Waals surface area contributed by atoms with Crippen molar-refractivity contribution in [1.29, 1.82) is 0 Å². The molecule has 1 N–H and O–H groups in total. The fourth-order valence-corrected chi connectivity index (χ4v) is 3.80. The summed E-state index contributed by atoms with van der Waals surface area (Å²) < 4.78 is 5.37. The lowest BCUT2D eigenvalue weighted by molar-refractivity contribution is -0.131. The predicted octanol–water partition coefficient (Wildman–Crippen LogP) is 3.57. The van der Waals surface area contributed by atoms with Crippen molar-refractivity contribution in [3.05, 3.63) is 65.2 Å².